The van der Waals surface area contributed by atoms with Gasteiger partial charge in [0.25, 0.3) is 0 Å². The van der Waals surface area contributed by atoms with Crippen LogP contribution in [0, 0.1) is 5.92 Å². The minimum absolute atomic E-state index is 0.237. The van der Waals surface area contributed by atoms with E-state index in [1.54, 1.807) is 19.2 Å². The second-order valence-electron chi connectivity index (χ2n) is 4.89. The summed E-state index contributed by atoms with van der Waals surface area (Å²) in [6, 6.07) is 6.36. The Bertz CT molecular complexity index is 523. The molecule has 1 heterocycles. The van der Waals surface area contributed by atoms with Crippen molar-refractivity contribution in [2.45, 2.75) is 11.3 Å². The Morgan fingerprint density at radius 1 is 1.29 bits per heavy atom. The lowest BCUT2D eigenvalue weighted by Gasteiger charge is -2.11. The number of benzene rings is 1. The van der Waals surface area contributed by atoms with Gasteiger partial charge in [0.05, 0.1) is 18.1 Å². The molecule has 0 amide bonds. The van der Waals surface area contributed by atoms with Gasteiger partial charge in [0.2, 0.25) is 10.0 Å². The highest BCUT2D eigenvalue weighted by molar-refractivity contribution is 7.89. The first-order chi connectivity index (χ1) is 10.1. The summed E-state index contributed by atoms with van der Waals surface area (Å²) in [5, 5.41) is 0. The lowest BCUT2D eigenvalue weighted by atomic mass is 10.1. The molecule has 0 spiro atoms. The molecule has 0 radical (unpaired) electrons. The number of rotatable bonds is 8. The first-order valence-electron chi connectivity index (χ1n) is 6.91. The summed E-state index contributed by atoms with van der Waals surface area (Å²) in [5.41, 5.74) is 0. The highest BCUT2D eigenvalue weighted by Crippen LogP contribution is 2.17. The van der Waals surface area contributed by atoms with Gasteiger partial charge in [0.1, 0.15) is 12.4 Å². The Morgan fingerprint density at radius 2 is 2.05 bits per heavy atom. The van der Waals surface area contributed by atoms with Gasteiger partial charge in [-0.05, 0) is 36.6 Å². The van der Waals surface area contributed by atoms with Gasteiger partial charge in [0.15, 0.2) is 0 Å². The van der Waals surface area contributed by atoms with E-state index in [1.165, 1.54) is 12.1 Å². The number of methoxy groups -OCH3 is 1. The van der Waals surface area contributed by atoms with Crippen molar-refractivity contribution in [2.75, 3.05) is 40.1 Å². The fraction of sp³-hybridized carbons (Fsp3) is 0.571. The largest absolute Gasteiger partial charge is 0.491 e. The predicted octanol–water partition coefficient (Wildman–Crippen LogP) is 1.03. The topological polar surface area (TPSA) is 73.9 Å². The molecule has 0 aliphatic carbocycles. The fourth-order valence-electron chi connectivity index (χ4n) is 2.01. The van der Waals surface area contributed by atoms with Crippen LogP contribution >= 0.6 is 0 Å². The second kappa shape index (κ2) is 7.74. The Balaban J connectivity index is 1.89. The van der Waals surface area contributed by atoms with Gasteiger partial charge < -0.3 is 14.2 Å². The van der Waals surface area contributed by atoms with Crippen LogP contribution in [0.3, 0.4) is 0 Å². The van der Waals surface area contributed by atoms with E-state index in [2.05, 4.69) is 4.72 Å². The molecule has 1 aliphatic heterocycles. The van der Waals surface area contributed by atoms with Crippen LogP contribution in [0.5, 0.6) is 5.75 Å². The molecule has 1 aromatic carbocycles. The third kappa shape index (κ3) is 4.96. The molecule has 1 unspecified atom stereocenters. The van der Waals surface area contributed by atoms with E-state index >= 15 is 0 Å². The third-order valence-corrected chi connectivity index (χ3v) is 4.72. The minimum Gasteiger partial charge on any atom is -0.491 e. The Labute approximate surface area is 125 Å². The van der Waals surface area contributed by atoms with Gasteiger partial charge in [-0.2, -0.15) is 0 Å². The van der Waals surface area contributed by atoms with Crippen molar-refractivity contribution in [2.24, 2.45) is 5.92 Å². The molecule has 0 aromatic heterocycles. The summed E-state index contributed by atoms with van der Waals surface area (Å²) < 4.78 is 42.4. The number of sulfonamides is 1. The summed E-state index contributed by atoms with van der Waals surface area (Å²) in [6.45, 7) is 2.66. The summed E-state index contributed by atoms with van der Waals surface area (Å²) in [7, 11) is -1.88. The van der Waals surface area contributed by atoms with Crippen molar-refractivity contribution in [1.82, 2.24) is 4.72 Å². The summed E-state index contributed by atoms with van der Waals surface area (Å²) in [6.07, 6.45) is 0.898. The molecular weight excluding hydrogens is 294 g/mol. The SMILES string of the molecule is COCCOc1ccc(S(=O)(=O)NCC2CCOC2)cc1. The molecule has 1 fully saturated rings. The second-order valence-corrected chi connectivity index (χ2v) is 6.66. The number of ether oxygens (including phenoxy) is 3. The van der Waals surface area contributed by atoms with Crippen molar-refractivity contribution in [1.29, 1.82) is 0 Å². The molecule has 21 heavy (non-hydrogen) atoms. The zero-order chi connectivity index (χ0) is 15.1. The normalized spacial score (nSPS) is 18.8. The predicted molar refractivity (Wildman–Crippen MR) is 77.9 cm³/mol. The van der Waals surface area contributed by atoms with Crippen molar-refractivity contribution >= 4 is 10.0 Å². The smallest absolute Gasteiger partial charge is 0.240 e. The van der Waals surface area contributed by atoms with E-state index in [-0.39, 0.29) is 10.8 Å². The maximum absolute atomic E-state index is 12.1. The van der Waals surface area contributed by atoms with Crippen LogP contribution < -0.4 is 9.46 Å². The van der Waals surface area contributed by atoms with E-state index in [0.29, 0.717) is 38.7 Å². The maximum atomic E-state index is 12.1. The molecule has 0 saturated carbocycles. The van der Waals surface area contributed by atoms with Crippen molar-refractivity contribution in [3.63, 3.8) is 0 Å². The average molecular weight is 315 g/mol. The first kappa shape index (κ1) is 16.2. The van der Waals surface area contributed by atoms with Crippen LogP contribution in [0.15, 0.2) is 29.2 Å². The van der Waals surface area contributed by atoms with Crippen LogP contribution in [0.2, 0.25) is 0 Å². The molecule has 1 atom stereocenters. The molecule has 1 aliphatic rings. The van der Waals surface area contributed by atoms with Crippen LogP contribution in [-0.4, -0.2) is 48.5 Å². The minimum atomic E-state index is -3.48. The zero-order valence-corrected chi connectivity index (χ0v) is 12.9. The zero-order valence-electron chi connectivity index (χ0n) is 12.1. The van der Waals surface area contributed by atoms with Crippen LogP contribution in [-0.2, 0) is 19.5 Å². The van der Waals surface area contributed by atoms with E-state index in [9.17, 15) is 8.42 Å². The van der Waals surface area contributed by atoms with Gasteiger partial charge in [-0.1, -0.05) is 0 Å². The van der Waals surface area contributed by atoms with Crippen molar-refractivity contribution in [3.05, 3.63) is 24.3 Å². The van der Waals surface area contributed by atoms with Crippen LogP contribution in [0.4, 0.5) is 0 Å². The van der Waals surface area contributed by atoms with Crippen LogP contribution in [0.25, 0.3) is 0 Å². The summed E-state index contributed by atoms with van der Waals surface area (Å²) in [4.78, 5) is 0.237. The molecule has 0 bridgehead atoms. The van der Waals surface area contributed by atoms with Crippen LogP contribution in [0.1, 0.15) is 6.42 Å². The fourth-order valence-corrected chi connectivity index (χ4v) is 3.13. The van der Waals surface area contributed by atoms with Crippen molar-refractivity contribution in [3.8, 4) is 5.75 Å². The first-order valence-corrected chi connectivity index (χ1v) is 8.39. The molecule has 6 nitrogen and oxygen atoms in total. The highest BCUT2D eigenvalue weighted by Gasteiger charge is 2.20. The summed E-state index contributed by atoms with van der Waals surface area (Å²) in [5.74, 6) is 0.881. The average Bonchev–Trinajstić information content (AvgIpc) is 3.00. The molecular formula is C14H21NO5S. The lowest BCUT2D eigenvalue weighted by molar-refractivity contribution is 0.146. The monoisotopic (exact) mass is 315 g/mol. The standard InChI is InChI=1S/C14H21NO5S/c1-18-8-9-20-13-2-4-14(5-3-13)21(16,17)15-10-12-6-7-19-11-12/h2-5,12,15H,6-11H2,1H3. The molecule has 118 valence electrons. The van der Waals surface area contributed by atoms with Gasteiger partial charge in [-0.25, -0.2) is 13.1 Å². The Kier molecular flexibility index (Phi) is 5.98. The Morgan fingerprint density at radius 3 is 2.67 bits per heavy atom. The Hall–Kier alpha value is -1.15. The quantitative estimate of drug-likeness (QED) is 0.725. The van der Waals surface area contributed by atoms with E-state index in [4.69, 9.17) is 14.2 Å². The van der Waals surface area contributed by atoms with Gasteiger partial charge >= 0.3 is 0 Å². The highest BCUT2D eigenvalue weighted by atomic mass is 32.2. The molecule has 7 heteroatoms. The maximum Gasteiger partial charge on any atom is 0.240 e. The molecule has 1 saturated heterocycles. The molecule has 2 rings (SSSR count). The summed E-state index contributed by atoms with van der Waals surface area (Å²) >= 11 is 0. The van der Waals surface area contributed by atoms with Gasteiger partial charge in [-0.3, -0.25) is 0 Å². The van der Waals surface area contributed by atoms with Gasteiger partial charge in [0, 0.05) is 20.3 Å². The molecule has 1 aromatic rings. The van der Waals surface area contributed by atoms with Gasteiger partial charge in [-0.15, -0.1) is 0 Å². The lowest BCUT2D eigenvalue weighted by Crippen LogP contribution is -2.29. The number of hydrogen-bond donors (Lipinski definition) is 1. The number of nitrogens with one attached hydrogen (secondary N) is 1. The van der Waals surface area contributed by atoms with E-state index < -0.39 is 10.0 Å². The number of hydrogen-bond acceptors (Lipinski definition) is 5. The van der Waals surface area contributed by atoms with E-state index in [0.717, 1.165) is 6.42 Å². The van der Waals surface area contributed by atoms with Crippen molar-refractivity contribution < 1.29 is 22.6 Å². The van der Waals surface area contributed by atoms with E-state index in [1.807, 2.05) is 0 Å². The third-order valence-electron chi connectivity index (χ3n) is 3.28. The molecule has 1 N–H and O–H groups in total.